The van der Waals surface area contributed by atoms with Crippen molar-refractivity contribution in [3.05, 3.63) is 42.0 Å². The van der Waals surface area contributed by atoms with Gasteiger partial charge in [-0.1, -0.05) is 0 Å². The lowest BCUT2D eigenvalue weighted by molar-refractivity contribution is 0.0602. The Balaban J connectivity index is 2.57. The molecule has 88 valence electrons. The first kappa shape index (κ1) is 11.2. The molecule has 0 saturated carbocycles. The number of carbonyl (C=O) groups excluding carboxylic acids is 1. The molecule has 0 spiro atoms. The van der Waals surface area contributed by atoms with Gasteiger partial charge >= 0.3 is 5.97 Å². The van der Waals surface area contributed by atoms with Gasteiger partial charge in [-0.3, -0.25) is 0 Å². The molecule has 0 fully saturated rings. The minimum atomic E-state index is -0.437. The van der Waals surface area contributed by atoms with Crippen molar-refractivity contribution in [1.29, 1.82) is 0 Å². The highest BCUT2D eigenvalue weighted by molar-refractivity contribution is 5.96. The largest absolute Gasteiger partial charge is 0.465 e. The third-order valence-corrected chi connectivity index (χ3v) is 2.58. The van der Waals surface area contributed by atoms with E-state index in [9.17, 15) is 4.79 Å². The van der Waals surface area contributed by atoms with Gasteiger partial charge in [0.1, 0.15) is 0 Å². The number of nitrogen functional groups attached to an aromatic ring is 1. The standard InChI is InChI=1S/C12H13N3O2/c1-8-5-9(15-4-3-14-7-15)6-10(11(8)13)12(16)17-2/h3-7H,13H2,1-2H3. The first-order chi connectivity index (χ1) is 8.13. The summed E-state index contributed by atoms with van der Waals surface area (Å²) in [5, 5.41) is 0. The number of rotatable bonds is 2. The van der Waals surface area contributed by atoms with Gasteiger partial charge in [-0.15, -0.1) is 0 Å². The second-order valence-electron chi connectivity index (χ2n) is 3.69. The monoisotopic (exact) mass is 231 g/mol. The molecular weight excluding hydrogens is 218 g/mol. The van der Waals surface area contributed by atoms with E-state index in [1.807, 2.05) is 13.0 Å². The number of nitrogens with zero attached hydrogens (tertiary/aromatic N) is 2. The van der Waals surface area contributed by atoms with Crippen molar-refractivity contribution >= 4 is 11.7 Å². The number of imidazole rings is 1. The summed E-state index contributed by atoms with van der Waals surface area (Å²) in [6.07, 6.45) is 5.13. The van der Waals surface area contributed by atoms with Crippen molar-refractivity contribution < 1.29 is 9.53 Å². The summed E-state index contributed by atoms with van der Waals surface area (Å²) in [4.78, 5) is 15.5. The van der Waals surface area contributed by atoms with Crippen LogP contribution in [0.25, 0.3) is 5.69 Å². The summed E-state index contributed by atoms with van der Waals surface area (Å²) >= 11 is 0. The minimum absolute atomic E-state index is 0.371. The molecular formula is C12H13N3O2. The molecule has 0 aliphatic heterocycles. The van der Waals surface area contributed by atoms with Crippen LogP contribution in [0.5, 0.6) is 0 Å². The molecule has 0 radical (unpaired) electrons. The predicted molar refractivity (Wildman–Crippen MR) is 64.1 cm³/mol. The number of carbonyl (C=O) groups is 1. The van der Waals surface area contributed by atoms with Gasteiger partial charge in [0.05, 0.1) is 19.0 Å². The van der Waals surface area contributed by atoms with Crippen molar-refractivity contribution in [2.24, 2.45) is 0 Å². The Labute approximate surface area is 98.8 Å². The summed E-state index contributed by atoms with van der Waals surface area (Å²) in [5.41, 5.74) is 8.33. The van der Waals surface area contributed by atoms with Gasteiger partial charge in [0, 0.05) is 23.8 Å². The average Bonchev–Trinajstić information content (AvgIpc) is 2.85. The average molecular weight is 231 g/mol. The van der Waals surface area contributed by atoms with Gasteiger partial charge in [-0.2, -0.15) is 0 Å². The van der Waals surface area contributed by atoms with Crippen LogP contribution in [0.1, 0.15) is 15.9 Å². The lowest BCUT2D eigenvalue weighted by Gasteiger charge is -2.10. The van der Waals surface area contributed by atoms with Crippen molar-refractivity contribution in [3.8, 4) is 5.69 Å². The number of nitrogens with two attached hydrogens (primary N) is 1. The molecule has 0 bridgehead atoms. The summed E-state index contributed by atoms with van der Waals surface area (Å²) in [6.45, 7) is 1.85. The maximum atomic E-state index is 11.6. The molecule has 5 nitrogen and oxygen atoms in total. The fourth-order valence-corrected chi connectivity index (χ4v) is 1.62. The van der Waals surface area contributed by atoms with Crippen molar-refractivity contribution in [1.82, 2.24) is 9.55 Å². The van der Waals surface area contributed by atoms with E-state index in [0.717, 1.165) is 11.3 Å². The fourth-order valence-electron chi connectivity index (χ4n) is 1.62. The van der Waals surface area contributed by atoms with Crippen LogP contribution >= 0.6 is 0 Å². The number of esters is 1. The minimum Gasteiger partial charge on any atom is -0.465 e. The summed E-state index contributed by atoms with van der Waals surface area (Å²) < 4.78 is 6.51. The number of aryl methyl sites for hydroxylation is 1. The highest BCUT2D eigenvalue weighted by Crippen LogP contribution is 2.22. The van der Waals surface area contributed by atoms with Gasteiger partial charge in [-0.25, -0.2) is 9.78 Å². The second-order valence-corrected chi connectivity index (χ2v) is 3.69. The number of aromatic nitrogens is 2. The summed E-state index contributed by atoms with van der Waals surface area (Å²) in [7, 11) is 1.33. The normalized spacial score (nSPS) is 10.2. The maximum absolute atomic E-state index is 11.6. The Morgan fingerprint density at radius 1 is 1.47 bits per heavy atom. The molecule has 0 aliphatic rings. The smallest absolute Gasteiger partial charge is 0.340 e. The lowest BCUT2D eigenvalue weighted by atomic mass is 10.1. The lowest BCUT2D eigenvalue weighted by Crippen LogP contribution is -2.08. The molecule has 2 rings (SSSR count). The third-order valence-electron chi connectivity index (χ3n) is 2.58. The Hall–Kier alpha value is -2.30. The Kier molecular flexibility index (Phi) is 2.82. The van der Waals surface area contributed by atoms with Gasteiger partial charge in [0.25, 0.3) is 0 Å². The summed E-state index contributed by atoms with van der Waals surface area (Å²) in [5.74, 6) is -0.437. The molecule has 0 atom stereocenters. The molecule has 0 aliphatic carbocycles. The van der Waals surface area contributed by atoms with Gasteiger partial charge in [0.2, 0.25) is 0 Å². The number of benzene rings is 1. The molecule has 1 aromatic heterocycles. The summed E-state index contributed by atoms with van der Waals surface area (Å²) in [6, 6.07) is 3.58. The zero-order valence-corrected chi connectivity index (χ0v) is 9.68. The van der Waals surface area contributed by atoms with E-state index in [0.29, 0.717) is 11.3 Å². The van der Waals surface area contributed by atoms with Crippen LogP contribution in [0, 0.1) is 6.92 Å². The van der Waals surface area contributed by atoms with E-state index in [2.05, 4.69) is 4.98 Å². The number of hydrogen-bond acceptors (Lipinski definition) is 4. The number of anilines is 1. The van der Waals surface area contributed by atoms with Crippen LogP contribution in [-0.4, -0.2) is 22.6 Å². The van der Waals surface area contributed by atoms with Crippen molar-refractivity contribution in [2.75, 3.05) is 12.8 Å². The van der Waals surface area contributed by atoms with Crippen molar-refractivity contribution in [3.63, 3.8) is 0 Å². The molecule has 2 aromatic rings. The molecule has 0 amide bonds. The maximum Gasteiger partial charge on any atom is 0.340 e. The fraction of sp³-hybridized carbons (Fsp3) is 0.167. The Morgan fingerprint density at radius 2 is 2.24 bits per heavy atom. The van der Waals surface area contributed by atoms with E-state index in [4.69, 9.17) is 10.5 Å². The molecule has 0 saturated heterocycles. The molecule has 5 heteroatoms. The highest BCUT2D eigenvalue weighted by Gasteiger charge is 2.13. The molecule has 0 unspecified atom stereocenters. The van der Waals surface area contributed by atoms with Crippen LogP contribution in [0.4, 0.5) is 5.69 Å². The topological polar surface area (TPSA) is 70.1 Å². The zero-order chi connectivity index (χ0) is 12.4. The van der Waals surface area contributed by atoms with E-state index in [1.165, 1.54) is 7.11 Å². The van der Waals surface area contributed by atoms with Crippen LogP contribution in [0.3, 0.4) is 0 Å². The third kappa shape index (κ3) is 1.99. The highest BCUT2D eigenvalue weighted by atomic mass is 16.5. The number of hydrogen-bond donors (Lipinski definition) is 1. The van der Waals surface area contributed by atoms with E-state index in [1.54, 1.807) is 29.4 Å². The zero-order valence-electron chi connectivity index (χ0n) is 9.68. The van der Waals surface area contributed by atoms with Gasteiger partial charge in [-0.05, 0) is 24.6 Å². The predicted octanol–water partition coefficient (Wildman–Crippen LogP) is 1.55. The molecule has 1 aromatic carbocycles. The Bertz CT molecular complexity index is 547. The van der Waals surface area contributed by atoms with E-state index in [-0.39, 0.29) is 0 Å². The van der Waals surface area contributed by atoms with Gasteiger partial charge < -0.3 is 15.0 Å². The van der Waals surface area contributed by atoms with Crippen molar-refractivity contribution in [2.45, 2.75) is 6.92 Å². The Morgan fingerprint density at radius 3 is 2.82 bits per heavy atom. The number of ether oxygens (including phenoxy) is 1. The first-order valence-electron chi connectivity index (χ1n) is 5.10. The molecule has 2 N–H and O–H groups in total. The van der Waals surface area contributed by atoms with E-state index >= 15 is 0 Å². The quantitative estimate of drug-likeness (QED) is 0.628. The van der Waals surface area contributed by atoms with E-state index < -0.39 is 5.97 Å². The van der Waals surface area contributed by atoms with Crippen LogP contribution < -0.4 is 5.73 Å². The second kappa shape index (κ2) is 4.29. The SMILES string of the molecule is COC(=O)c1cc(-n2ccnc2)cc(C)c1N. The molecule has 1 heterocycles. The van der Waals surface area contributed by atoms with Gasteiger partial charge in [0.15, 0.2) is 0 Å². The van der Waals surface area contributed by atoms with Crippen LogP contribution in [0.15, 0.2) is 30.9 Å². The molecule has 17 heavy (non-hydrogen) atoms. The van der Waals surface area contributed by atoms with Crippen LogP contribution in [0.2, 0.25) is 0 Å². The van der Waals surface area contributed by atoms with Crippen LogP contribution in [-0.2, 0) is 4.74 Å². The first-order valence-corrected chi connectivity index (χ1v) is 5.10. The number of methoxy groups -OCH3 is 1.